The third-order valence-corrected chi connectivity index (χ3v) is 2.89. The maximum Gasteiger partial charge on any atom is 0.244 e. The van der Waals surface area contributed by atoms with Crippen molar-refractivity contribution in [2.24, 2.45) is 11.7 Å². The van der Waals surface area contributed by atoms with E-state index in [1.165, 1.54) is 0 Å². The molecule has 4 N–H and O–H groups in total. The minimum absolute atomic E-state index is 0.0190. The van der Waals surface area contributed by atoms with Gasteiger partial charge in [-0.15, -0.1) is 0 Å². The van der Waals surface area contributed by atoms with Gasteiger partial charge in [0.25, 0.3) is 0 Å². The Kier molecular flexibility index (Phi) is 5.51. The first-order valence-electron chi connectivity index (χ1n) is 6.23. The number of nitrogens with two attached hydrogens (primary N) is 1. The van der Waals surface area contributed by atoms with Crippen molar-refractivity contribution in [2.75, 3.05) is 0 Å². The Balaban J connectivity index is 2.70. The van der Waals surface area contributed by atoms with Crippen LogP contribution in [0, 0.1) is 5.92 Å². The van der Waals surface area contributed by atoms with Gasteiger partial charge in [-0.25, -0.2) is 0 Å². The lowest BCUT2D eigenvalue weighted by Gasteiger charge is -2.18. The van der Waals surface area contributed by atoms with Crippen LogP contribution in [0.25, 0.3) is 0 Å². The zero-order valence-electron chi connectivity index (χ0n) is 11.2. The number of carbonyl (C=O) groups is 2. The number of primary amides is 1. The Morgan fingerprint density at radius 3 is 2.32 bits per heavy atom. The van der Waals surface area contributed by atoms with Gasteiger partial charge < -0.3 is 16.2 Å². The van der Waals surface area contributed by atoms with E-state index in [1.54, 1.807) is 24.3 Å². The molecule has 1 aromatic rings. The molecule has 0 saturated heterocycles. The summed E-state index contributed by atoms with van der Waals surface area (Å²) in [6.07, 6.45) is -0.779. The molecule has 2 amide bonds. The van der Waals surface area contributed by atoms with Crippen LogP contribution < -0.4 is 11.1 Å². The maximum atomic E-state index is 11.8. The van der Waals surface area contributed by atoms with Gasteiger partial charge in [0.2, 0.25) is 11.8 Å². The first kappa shape index (κ1) is 15.2. The van der Waals surface area contributed by atoms with Crippen LogP contribution in [0.4, 0.5) is 0 Å². The molecule has 104 valence electrons. The smallest absolute Gasteiger partial charge is 0.244 e. The zero-order valence-corrected chi connectivity index (χ0v) is 11.2. The van der Waals surface area contributed by atoms with Crippen molar-refractivity contribution in [3.05, 3.63) is 35.9 Å². The monoisotopic (exact) mass is 264 g/mol. The minimum Gasteiger partial charge on any atom is -0.392 e. The quantitative estimate of drug-likeness (QED) is 0.707. The lowest BCUT2D eigenvalue weighted by Crippen LogP contribution is -2.39. The molecule has 2 atom stereocenters. The topological polar surface area (TPSA) is 92.4 Å². The highest BCUT2D eigenvalue weighted by Gasteiger charge is 2.22. The Morgan fingerprint density at radius 1 is 1.26 bits per heavy atom. The van der Waals surface area contributed by atoms with Crippen LogP contribution in [0.5, 0.6) is 0 Å². The number of carbonyl (C=O) groups excluding carboxylic acids is 2. The molecule has 5 heteroatoms. The number of hydrogen-bond donors (Lipinski definition) is 3. The Bertz CT molecular complexity index is 432. The SMILES string of the molecule is CC(C)C(O)CC(=O)NC(C(N)=O)c1ccccc1. The molecule has 0 radical (unpaired) electrons. The summed E-state index contributed by atoms with van der Waals surface area (Å²) in [6.45, 7) is 3.64. The Morgan fingerprint density at radius 2 is 1.84 bits per heavy atom. The molecule has 0 bridgehead atoms. The molecule has 0 spiro atoms. The van der Waals surface area contributed by atoms with E-state index < -0.39 is 24.0 Å². The van der Waals surface area contributed by atoms with Crippen molar-refractivity contribution in [3.63, 3.8) is 0 Å². The van der Waals surface area contributed by atoms with Gasteiger partial charge in [-0.3, -0.25) is 9.59 Å². The van der Waals surface area contributed by atoms with Gasteiger partial charge in [0.15, 0.2) is 0 Å². The van der Waals surface area contributed by atoms with Crippen LogP contribution in [-0.4, -0.2) is 23.0 Å². The number of benzene rings is 1. The Labute approximate surface area is 112 Å². The summed E-state index contributed by atoms with van der Waals surface area (Å²) in [5.41, 5.74) is 5.92. The number of aliphatic hydroxyl groups excluding tert-OH is 1. The lowest BCUT2D eigenvalue weighted by atomic mass is 10.0. The predicted molar refractivity (Wildman–Crippen MR) is 72.0 cm³/mol. The molecule has 0 aliphatic heterocycles. The predicted octanol–water partition coefficient (Wildman–Crippen LogP) is 0.736. The van der Waals surface area contributed by atoms with E-state index in [-0.39, 0.29) is 12.3 Å². The molecule has 0 aliphatic carbocycles. The molecule has 0 aromatic heterocycles. The average molecular weight is 264 g/mol. The first-order chi connectivity index (χ1) is 8.91. The second-order valence-corrected chi connectivity index (χ2v) is 4.83. The van der Waals surface area contributed by atoms with Crippen molar-refractivity contribution < 1.29 is 14.7 Å². The summed E-state index contributed by atoms with van der Waals surface area (Å²) in [5.74, 6) is -1.04. The molecule has 19 heavy (non-hydrogen) atoms. The Hall–Kier alpha value is -1.88. The molecule has 1 rings (SSSR count). The van der Waals surface area contributed by atoms with E-state index >= 15 is 0 Å². The highest BCUT2D eigenvalue weighted by atomic mass is 16.3. The maximum absolute atomic E-state index is 11.8. The molecule has 2 unspecified atom stereocenters. The van der Waals surface area contributed by atoms with Crippen LogP contribution in [-0.2, 0) is 9.59 Å². The average Bonchev–Trinajstić information content (AvgIpc) is 2.36. The van der Waals surface area contributed by atoms with Crippen LogP contribution in [0.2, 0.25) is 0 Å². The first-order valence-corrected chi connectivity index (χ1v) is 6.23. The van der Waals surface area contributed by atoms with Crippen molar-refractivity contribution in [3.8, 4) is 0 Å². The van der Waals surface area contributed by atoms with Crippen molar-refractivity contribution in [1.82, 2.24) is 5.32 Å². The number of hydrogen-bond acceptors (Lipinski definition) is 3. The number of nitrogens with one attached hydrogen (secondary N) is 1. The fourth-order valence-electron chi connectivity index (χ4n) is 1.61. The summed E-state index contributed by atoms with van der Waals surface area (Å²) in [5, 5.41) is 12.2. The summed E-state index contributed by atoms with van der Waals surface area (Å²) in [6, 6.07) is 7.91. The molecule has 1 aromatic carbocycles. The van der Waals surface area contributed by atoms with Gasteiger partial charge >= 0.3 is 0 Å². The van der Waals surface area contributed by atoms with E-state index in [0.717, 1.165) is 0 Å². The molecular weight excluding hydrogens is 244 g/mol. The van der Waals surface area contributed by atoms with Crippen LogP contribution in [0.1, 0.15) is 31.9 Å². The third kappa shape index (κ3) is 4.71. The highest BCUT2D eigenvalue weighted by molar-refractivity contribution is 5.87. The minimum atomic E-state index is -0.868. The number of aliphatic hydroxyl groups is 1. The fraction of sp³-hybridized carbons (Fsp3) is 0.429. The van der Waals surface area contributed by atoms with E-state index in [1.807, 2.05) is 19.9 Å². The second kappa shape index (κ2) is 6.89. The summed E-state index contributed by atoms with van der Waals surface area (Å²) in [7, 11) is 0. The van der Waals surface area contributed by atoms with E-state index in [2.05, 4.69) is 5.32 Å². The molecule has 0 heterocycles. The zero-order chi connectivity index (χ0) is 14.4. The van der Waals surface area contributed by atoms with Gasteiger partial charge in [-0.05, 0) is 11.5 Å². The van der Waals surface area contributed by atoms with Crippen LogP contribution in [0.3, 0.4) is 0 Å². The normalized spacial score (nSPS) is 13.9. The van der Waals surface area contributed by atoms with Crippen LogP contribution >= 0.6 is 0 Å². The number of amides is 2. The third-order valence-electron chi connectivity index (χ3n) is 2.89. The largest absolute Gasteiger partial charge is 0.392 e. The van der Waals surface area contributed by atoms with Gasteiger partial charge in [0.05, 0.1) is 12.5 Å². The van der Waals surface area contributed by atoms with Gasteiger partial charge in [-0.1, -0.05) is 44.2 Å². The van der Waals surface area contributed by atoms with Gasteiger partial charge in [0, 0.05) is 0 Å². The van der Waals surface area contributed by atoms with Gasteiger partial charge in [-0.2, -0.15) is 0 Å². The summed E-state index contributed by atoms with van der Waals surface area (Å²) < 4.78 is 0. The van der Waals surface area contributed by atoms with E-state index in [0.29, 0.717) is 5.56 Å². The van der Waals surface area contributed by atoms with Crippen molar-refractivity contribution in [2.45, 2.75) is 32.4 Å². The van der Waals surface area contributed by atoms with Crippen molar-refractivity contribution in [1.29, 1.82) is 0 Å². The lowest BCUT2D eigenvalue weighted by molar-refractivity contribution is -0.129. The molecule has 5 nitrogen and oxygen atoms in total. The fourth-order valence-corrected chi connectivity index (χ4v) is 1.61. The van der Waals surface area contributed by atoms with E-state index in [4.69, 9.17) is 5.73 Å². The van der Waals surface area contributed by atoms with Gasteiger partial charge in [0.1, 0.15) is 6.04 Å². The summed E-state index contributed by atoms with van der Waals surface area (Å²) >= 11 is 0. The summed E-state index contributed by atoms with van der Waals surface area (Å²) in [4.78, 5) is 23.2. The van der Waals surface area contributed by atoms with Crippen molar-refractivity contribution >= 4 is 11.8 Å². The highest BCUT2D eigenvalue weighted by Crippen LogP contribution is 2.13. The molecule has 0 fully saturated rings. The second-order valence-electron chi connectivity index (χ2n) is 4.83. The molecule has 0 aliphatic rings. The number of rotatable bonds is 6. The van der Waals surface area contributed by atoms with E-state index in [9.17, 15) is 14.7 Å². The molecular formula is C14H20N2O3. The van der Waals surface area contributed by atoms with Crippen LogP contribution in [0.15, 0.2) is 30.3 Å². The standard InChI is InChI=1S/C14H20N2O3/c1-9(2)11(17)8-12(18)16-13(14(15)19)10-6-4-3-5-7-10/h3-7,9,11,13,17H,8H2,1-2H3,(H2,15,19)(H,16,18). The molecule has 0 saturated carbocycles.